The Morgan fingerprint density at radius 2 is 1.63 bits per heavy atom. The molecule has 0 bridgehead atoms. The summed E-state index contributed by atoms with van der Waals surface area (Å²) < 4.78 is 4.69. The maximum atomic E-state index is 11.4. The first-order chi connectivity index (χ1) is 13.2. The Morgan fingerprint density at radius 1 is 0.926 bits per heavy atom. The molecule has 0 saturated carbocycles. The van der Waals surface area contributed by atoms with Crippen molar-refractivity contribution < 1.29 is 9.53 Å². The average Bonchev–Trinajstić information content (AvgIpc) is 2.71. The minimum atomic E-state index is -0.345. The number of ether oxygens (including phenoxy) is 1. The zero-order valence-corrected chi connectivity index (χ0v) is 15.4. The van der Waals surface area contributed by atoms with E-state index in [1.165, 1.54) is 23.8 Å². The Balaban J connectivity index is 1.71. The van der Waals surface area contributed by atoms with Crippen LogP contribution < -0.4 is 0 Å². The summed E-state index contributed by atoms with van der Waals surface area (Å²) >= 11 is 0. The van der Waals surface area contributed by atoms with Crippen LogP contribution in [0.4, 0.5) is 0 Å². The van der Waals surface area contributed by atoms with E-state index in [9.17, 15) is 4.79 Å². The van der Waals surface area contributed by atoms with Crippen LogP contribution in [0.2, 0.25) is 0 Å². The van der Waals surface area contributed by atoms with Gasteiger partial charge in [-0.2, -0.15) is 0 Å². The lowest BCUT2D eigenvalue weighted by atomic mass is 10.0. The van der Waals surface area contributed by atoms with Crippen LogP contribution in [0.25, 0.3) is 17.2 Å². The molecule has 0 N–H and O–H groups in total. The summed E-state index contributed by atoms with van der Waals surface area (Å²) in [7, 11) is 1.37. The van der Waals surface area contributed by atoms with Gasteiger partial charge in [0.05, 0.1) is 12.7 Å². The largest absolute Gasteiger partial charge is 0.465 e. The monoisotopic (exact) mass is 352 g/mol. The van der Waals surface area contributed by atoms with Crippen molar-refractivity contribution in [2.24, 2.45) is 0 Å². The summed E-state index contributed by atoms with van der Waals surface area (Å²) in [5.74, 6) is 5.75. The molecule has 0 aliphatic heterocycles. The minimum absolute atomic E-state index is 0.345. The molecule has 0 radical (unpaired) electrons. The van der Waals surface area contributed by atoms with E-state index < -0.39 is 0 Å². The van der Waals surface area contributed by atoms with Crippen LogP contribution in [0.5, 0.6) is 0 Å². The highest BCUT2D eigenvalue weighted by atomic mass is 16.5. The molecule has 0 aromatic heterocycles. The van der Waals surface area contributed by atoms with Gasteiger partial charge in [0.15, 0.2) is 0 Å². The highest BCUT2D eigenvalue weighted by molar-refractivity contribution is 5.89. The molecular weight excluding hydrogens is 332 g/mol. The van der Waals surface area contributed by atoms with E-state index in [4.69, 9.17) is 0 Å². The van der Waals surface area contributed by atoms with Gasteiger partial charge < -0.3 is 4.74 Å². The summed E-state index contributed by atoms with van der Waals surface area (Å²) in [5, 5.41) is 0. The molecule has 0 aliphatic rings. The molecule has 0 spiro atoms. The number of allylic oxidation sites excluding steroid dienone is 1. The number of carbonyl (C=O) groups excluding carboxylic acids is 1. The molecule has 0 amide bonds. The molecule has 0 unspecified atom stereocenters. The second-order valence-corrected chi connectivity index (χ2v) is 6.17. The fraction of sp³-hybridized carbons (Fsp3) is 0.0800. The van der Waals surface area contributed by atoms with Crippen LogP contribution in [-0.4, -0.2) is 13.1 Å². The third-order valence-electron chi connectivity index (χ3n) is 4.12. The number of esters is 1. The number of benzene rings is 3. The molecule has 0 saturated heterocycles. The van der Waals surface area contributed by atoms with Gasteiger partial charge in [-0.15, -0.1) is 0 Å². The van der Waals surface area contributed by atoms with Crippen LogP contribution in [-0.2, 0) is 4.74 Å². The van der Waals surface area contributed by atoms with E-state index in [0.29, 0.717) is 5.56 Å². The van der Waals surface area contributed by atoms with Crippen molar-refractivity contribution in [1.29, 1.82) is 0 Å². The van der Waals surface area contributed by atoms with E-state index in [1.807, 2.05) is 24.3 Å². The average molecular weight is 352 g/mol. The standard InChI is InChI=1S/C25H20O2/c1-19-7-5-11-23(17-19)24-12-6-10-21(18-24)9-4-3-8-20-13-15-22(16-14-20)25(26)27-2/h4-7,9-18H,1-2H3/b9-4+. The molecule has 0 heterocycles. The first-order valence-corrected chi connectivity index (χ1v) is 8.69. The fourth-order valence-electron chi connectivity index (χ4n) is 2.72. The first-order valence-electron chi connectivity index (χ1n) is 8.69. The van der Waals surface area contributed by atoms with Crippen LogP contribution in [0.1, 0.15) is 27.0 Å². The molecule has 0 aliphatic carbocycles. The van der Waals surface area contributed by atoms with E-state index in [0.717, 1.165) is 11.1 Å². The van der Waals surface area contributed by atoms with Crippen molar-refractivity contribution in [2.75, 3.05) is 7.11 Å². The van der Waals surface area contributed by atoms with Gasteiger partial charge in [0.25, 0.3) is 0 Å². The number of hydrogen-bond donors (Lipinski definition) is 0. The Labute approximate surface area is 160 Å². The molecule has 0 fully saturated rings. The Kier molecular flexibility index (Phi) is 5.87. The van der Waals surface area contributed by atoms with E-state index in [-0.39, 0.29) is 5.97 Å². The zero-order valence-electron chi connectivity index (χ0n) is 15.4. The van der Waals surface area contributed by atoms with Gasteiger partial charge in [-0.25, -0.2) is 4.79 Å². The Hall–Kier alpha value is -3.57. The second kappa shape index (κ2) is 8.69. The van der Waals surface area contributed by atoms with Crippen molar-refractivity contribution in [3.63, 3.8) is 0 Å². The highest BCUT2D eigenvalue weighted by Gasteiger charge is 2.03. The van der Waals surface area contributed by atoms with Gasteiger partial charge in [-0.3, -0.25) is 0 Å². The van der Waals surface area contributed by atoms with Crippen LogP contribution in [0.15, 0.2) is 78.9 Å². The number of aryl methyl sites for hydroxylation is 1. The summed E-state index contributed by atoms with van der Waals surface area (Å²) in [6.07, 6.45) is 3.83. The molecule has 3 aromatic rings. The molecule has 132 valence electrons. The SMILES string of the molecule is COC(=O)c1ccc(C#C/C=C/c2cccc(-c3cccc(C)c3)c2)cc1. The number of methoxy groups -OCH3 is 1. The minimum Gasteiger partial charge on any atom is -0.465 e. The molecule has 3 rings (SSSR count). The Bertz CT molecular complexity index is 1030. The molecule has 2 nitrogen and oxygen atoms in total. The maximum absolute atomic E-state index is 11.4. The van der Waals surface area contributed by atoms with Crippen molar-refractivity contribution >= 4 is 12.0 Å². The number of hydrogen-bond acceptors (Lipinski definition) is 2. The summed E-state index contributed by atoms with van der Waals surface area (Å²) in [4.78, 5) is 11.4. The normalized spacial score (nSPS) is 10.3. The lowest BCUT2D eigenvalue weighted by molar-refractivity contribution is 0.0600. The second-order valence-electron chi connectivity index (χ2n) is 6.17. The number of rotatable bonds is 3. The van der Waals surface area contributed by atoms with Crippen LogP contribution >= 0.6 is 0 Å². The number of carbonyl (C=O) groups is 1. The van der Waals surface area contributed by atoms with Crippen LogP contribution in [0, 0.1) is 18.8 Å². The van der Waals surface area contributed by atoms with Gasteiger partial charge in [0.2, 0.25) is 0 Å². The molecule has 2 heteroatoms. The van der Waals surface area contributed by atoms with E-state index in [1.54, 1.807) is 12.1 Å². The van der Waals surface area contributed by atoms with Gasteiger partial charge in [-0.1, -0.05) is 59.9 Å². The van der Waals surface area contributed by atoms with Crippen molar-refractivity contribution in [3.8, 4) is 23.0 Å². The van der Waals surface area contributed by atoms with Crippen molar-refractivity contribution in [1.82, 2.24) is 0 Å². The fourth-order valence-corrected chi connectivity index (χ4v) is 2.72. The van der Waals surface area contributed by atoms with Gasteiger partial charge in [-0.05, 0) is 66.1 Å². The molecule has 3 aromatic carbocycles. The summed E-state index contributed by atoms with van der Waals surface area (Å²) in [5.41, 5.74) is 6.11. The van der Waals surface area contributed by atoms with E-state index in [2.05, 4.69) is 72.0 Å². The van der Waals surface area contributed by atoms with Crippen LogP contribution in [0.3, 0.4) is 0 Å². The maximum Gasteiger partial charge on any atom is 0.337 e. The zero-order chi connectivity index (χ0) is 19.1. The quantitative estimate of drug-likeness (QED) is 0.459. The lowest BCUT2D eigenvalue weighted by Crippen LogP contribution is -2.00. The summed E-state index contributed by atoms with van der Waals surface area (Å²) in [6.45, 7) is 2.10. The predicted octanol–water partition coefficient (Wildman–Crippen LogP) is 5.51. The van der Waals surface area contributed by atoms with Gasteiger partial charge in [0, 0.05) is 5.56 Å². The third-order valence-corrected chi connectivity index (χ3v) is 4.12. The smallest absolute Gasteiger partial charge is 0.337 e. The molecular formula is C25H20O2. The first kappa shape index (κ1) is 18.2. The third kappa shape index (κ3) is 4.96. The van der Waals surface area contributed by atoms with E-state index >= 15 is 0 Å². The van der Waals surface area contributed by atoms with Crippen molar-refractivity contribution in [3.05, 3.63) is 101 Å². The van der Waals surface area contributed by atoms with Crippen molar-refractivity contribution in [2.45, 2.75) is 6.92 Å². The predicted molar refractivity (Wildman–Crippen MR) is 110 cm³/mol. The molecule has 27 heavy (non-hydrogen) atoms. The Morgan fingerprint density at radius 3 is 2.33 bits per heavy atom. The van der Waals surface area contributed by atoms with Gasteiger partial charge in [0.1, 0.15) is 0 Å². The molecule has 0 atom stereocenters. The van der Waals surface area contributed by atoms with Gasteiger partial charge >= 0.3 is 5.97 Å². The highest BCUT2D eigenvalue weighted by Crippen LogP contribution is 2.21. The summed E-state index contributed by atoms with van der Waals surface area (Å²) in [6, 6.07) is 23.9. The topological polar surface area (TPSA) is 26.3 Å². The lowest BCUT2D eigenvalue weighted by Gasteiger charge is -2.04.